The summed E-state index contributed by atoms with van der Waals surface area (Å²) in [5, 5.41) is 18.6. The summed E-state index contributed by atoms with van der Waals surface area (Å²) in [4.78, 5) is 11.7. The van der Waals surface area contributed by atoms with E-state index in [9.17, 15) is 9.90 Å². The van der Waals surface area contributed by atoms with Gasteiger partial charge in [0, 0.05) is 0 Å². The third kappa shape index (κ3) is 2.63. The van der Waals surface area contributed by atoms with Crippen molar-refractivity contribution < 1.29 is 24.5 Å². The molecule has 1 aromatic carbocycles. The SMILES string of the molecule is O=C(O[C@H]1CO[C@H](CO)[C@H]1O)c1ccccc1. The highest BCUT2D eigenvalue weighted by atomic mass is 16.6. The van der Waals surface area contributed by atoms with Crippen LogP contribution in [0.2, 0.25) is 0 Å². The lowest BCUT2D eigenvalue weighted by molar-refractivity contribution is -0.0174. The van der Waals surface area contributed by atoms with Gasteiger partial charge in [0.25, 0.3) is 0 Å². The van der Waals surface area contributed by atoms with Crippen LogP contribution in [0.15, 0.2) is 30.3 Å². The number of hydrogen-bond acceptors (Lipinski definition) is 5. The van der Waals surface area contributed by atoms with Crippen molar-refractivity contribution in [3.63, 3.8) is 0 Å². The average molecular weight is 238 g/mol. The molecule has 2 N–H and O–H groups in total. The molecule has 1 heterocycles. The Morgan fingerprint density at radius 1 is 1.41 bits per heavy atom. The lowest BCUT2D eigenvalue weighted by Crippen LogP contribution is -2.35. The molecule has 0 spiro atoms. The Bertz CT molecular complexity index is 378. The van der Waals surface area contributed by atoms with Gasteiger partial charge in [0.05, 0.1) is 18.8 Å². The van der Waals surface area contributed by atoms with Crippen LogP contribution in [-0.4, -0.2) is 47.7 Å². The molecule has 1 aromatic rings. The van der Waals surface area contributed by atoms with Crippen molar-refractivity contribution in [2.45, 2.75) is 18.3 Å². The maximum atomic E-state index is 11.7. The second-order valence-electron chi connectivity index (χ2n) is 3.85. The van der Waals surface area contributed by atoms with Crippen LogP contribution in [-0.2, 0) is 9.47 Å². The molecule has 3 atom stereocenters. The molecular formula is C12H14O5. The highest BCUT2D eigenvalue weighted by Gasteiger charge is 2.38. The minimum atomic E-state index is -0.979. The van der Waals surface area contributed by atoms with Gasteiger partial charge >= 0.3 is 5.97 Å². The number of hydrogen-bond donors (Lipinski definition) is 2. The van der Waals surface area contributed by atoms with Gasteiger partial charge in [-0.15, -0.1) is 0 Å². The van der Waals surface area contributed by atoms with E-state index in [2.05, 4.69) is 0 Å². The minimum Gasteiger partial charge on any atom is -0.453 e. The van der Waals surface area contributed by atoms with E-state index >= 15 is 0 Å². The number of carbonyl (C=O) groups is 1. The van der Waals surface area contributed by atoms with Crippen molar-refractivity contribution in [2.75, 3.05) is 13.2 Å². The lowest BCUT2D eigenvalue weighted by atomic mass is 10.1. The van der Waals surface area contributed by atoms with Crippen LogP contribution in [0.5, 0.6) is 0 Å². The van der Waals surface area contributed by atoms with Crippen LogP contribution in [0.1, 0.15) is 10.4 Å². The molecule has 0 radical (unpaired) electrons. The van der Waals surface area contributed by atoms with E-state index in [0.29, 0.717) is 5.56 Å². The molecule has 0 amide bonds. The van der Waals surface area contributed by atoms with Gasteiger partial charge in [-0.1, -0.05) is 18.2 Å². The molecule has 5 nitrogen and oxygen atoms in total. The summed E-state index contributed by atoms with van der Waals surface area (Å²) >= 11 is 0. The van der Waals surface area contributed by atoms with Crippen molar-refractivity contribution in [2.24, 2.45) is 0 Å². The molecule has 0 aliphatic carbocycles. The predicted molar refractivity (Wildman–Crippen MR) is 58.5 cm³/mol. The molecule has 0 bridgehead atoms. The first-order chi connectivity index (χ1) is 8.22. The van der Waals surface area contributed by atoms with Crippen molar-refractivity contribution in [3.05, 3.63) is 35.9 Å². The molecule has 1 saturated heterocycles. The van der Waals surface area contributed by atoms with Crippen molar-refractivity contribution in [1.82, 2.24) is 0 Å². The van der Waals surface area contributed by atoms with Crippen molar-refractivity contribution in [3.8, 4) is 0 Å². The van der Waals surface area contributed by atoms with Gasteiger partial charge in [-0.05, 0) is 12.1 Å². The minimum absolute atomic E-state index is 0.102. The van der Waals surface area contributed by atoms with Gasteiger partial charge in [-0.25, -0.2) is 4.79 Å². The molecule has 0 unspecified atom stereocenters. The van der Waals surface area contributed by atoms with E-state index in [1.807, 2.05) is 0 Å². The summed E-state index contributed by atoms with van der Waals surface area (Å²) in [6, 6.07) is 8.53. The Morgan fingerprint density at radius 3 is 2.71 bits per heavy atom. The summed E-state index contributed by atoms with van der Waals surface area (Å²) in [7, 11) is 0. The van der Waals surface area contributed by atoms with Crippen LogP contribution in [0.25, 0.3) is 0 Å². The molecular weight excluding hydrogens is 224 g/mol. The monoisotopic (exact) mass is 238 g/mol. The topological polar surface area (TPSA) is 76.0 Å². The summed E-state index contributed by atoms with van der Waals surface area (Å²) in [5.74, 6) is -0.503. The van der Waals surface area contributed by atoms with Crippen LogP contribution in [0, 0.1) is 0 Å². The molecule has 0 aromatic heterocycles. The van der Waals surface area contributed by atoms with E-state index in [1.54, 1.807) is 30.3 Å². The first kappa shape index (κ1) is 12.0. The van der Waals surface area contributed by atoms with Gasteiger partial charge in [-0.3, -0.25) is 0 Å². The van der Waals surface area contributed by atoms with Crippen molar-refractivity contribution in [1.29, 1.82) is 0 Å². The maximum absolute atomic E-state index is 11.7. The van der Waals surface area contributed by atoms with Gasteiger partial charge < -0.3 is 19.7 Å². The summed E-state index contributed by atoms with van der Waals surface area (Å²) in [6.07, 6.45) is -2.38. The smallest absolute Gasteiger partial charge is 0.338 e. The Hall–Kier alpha value is -1.43. The molecule has 0 saturated carbocycles. The molecule has 1 aliphatic heterocycles. The second kappa shape index (κ2) is 5.27. The summed E-state index contributed by atoms with van der Waals surface area (Å²) in [6.45, 7) is -0.189. The van der Waals surface area contributed by atoms with Crippen LogP contribution >= 0.6 is 0 Å². The van der Waals surface area contributed by atoms with Crippen LogP contribution < -0.4 is 0 Å². The van der Waals surface area contributed by atoms with Gasteiger partial charge in [0.1, 0.15) is 12.2 Å². The van der Waals surface area contributed by atoms with E-state index in [0.717, 1.165) is 0 Å². The largest absolute Gasteiger partial charge is 0.453 e. The number of carbonyl (C=O) groups excluding carboxylic acids is 1. The number of ether oxygens (including phenoxy) is 2. The first-order valence-electron chi connectivity index (χ1n) is 5.39. The Kier molecular flexibility index (Phi) is 3.73. The fraction of sp³-hybridized carbons (Fsp3) is 0.417. The number of benzene rings is 1. The predicted octanol–water partition coefficient (Wildman–Crippen LogP) is -0.0360. The first-order valence-corrected chi connectivity index (χ1v) is 5.39. The van der Waals surface area contributed by atoms with E-state index < -0.39 is 24.3 Å². The quantitative estimate of drug-likeness (QED) is 0.723. The van der Waals surface area contributed by atoms with Gasteiger partial charge in [0.2, 0.25) is 0 Å². The van der Waals surface area contributed by atoms with Crippen LogP contribution in [0.4, 0.5) is 0 Å². The normalized spacial score (nSPS) is 28.0. The number of aliphatic hydroxyl groups is 2. The molecule has 5 heteroatoms. The highest BCUT2D eigenvalue weighted by molar-refractivity contribution is 5.89. The van der Waals surface area contributed by atoms with E-state index in [-0.39, 0.29) is 13.2 Å². The summed E-state index contributed by atoms with van der Waals surface area (Å²) in [5.41, 5.74) is 0.423. The molecule has 2 rings (SSSR count). The third-order valence-corrected chi connectivity index (χ3v) is 2.68. The van der Waals surface area contributed by atoms with Gasteiger partial charge in [0.15, 0.2) is 6.10 Å². The molecule has 17 heavy (non-hydrogen) atoms. The number of aliphatic hydroxyl groups excluding tert-OH is 2. The van der Waals surface area contributed by atoms with Gasteiger partial charge in [-0.2, -0.15) is 0 Å². The second-order valence-corrected chi connectivity index (χ2v) is 3.85. The number of esters is 1. The Morgan fingerprint density at radius 2 is 2.12 bits per heavy atom. The zero-order chi connectivity index (χ0) is 12.3. The lowest BCUT2D eigenvalue weighted by Gasteiger charge is -2.16. The highest BCUT2D eigenvalue weighted by Crippen LogP contribution is 2.18. The molecule has 1 aliphatic rings. The van der Waals surface area contributed by atoms with E-state index in [1.165, 1.54) is 0 Å². The van der Waals surface area contributed by atoms with E-state index in [4.69, 9.17) is 14.6 Å². The average Bonchev–Trinajstić information content (AvgIpc) is 2.71. The fourth-order valence-electron chi connectivity index (χ4n) is 1.70. The Balaban J connectivity index is 1.96. The van der Waals surface area contributed by atoms with Crippen LogP contribution in [0.3, 0.4) is 0 Å². The zero-order valence-corrected chi connectivity index (χ0v) is 9.15. The Labute approximate surface area is 98.6 Å². The standard InChI is InChI=1S/C12H14O5/c13-6-9-11(14)10(7-16-9)17-12(15)8-4-2-1-3-5-8/h1-5,9-11,13-14H,6-7H2/t9-,10+,11-/m1/s1. The molecule has 1 fully saturated rings. The fourth-order valence-corrected chi connectivity index (χ4v) is 1.70. The third-order valence-electron chi connectivity index (χ3n) is 2.68. The summed E-state index contributed by atoms with van der Waals surface area (Å²) < 4.78 is 10.2. The molecule has 92 valence electrons. The zero-order valence-electron chi connectivity index (χ0n) is 9.15. The maximum Gasteiger partial charge on any atom is 0.338 e. The van der Waals surface area contributed by atoms with Crippen molar-refractivity contribution >= 4 is 5.97 Å². The number of rotatable bonds is 3.